The van der Waals surface area contributed by atoms with Crippen LogP contribution in [0, 0.1) is 5.92 Å². The Hall–Kier alpha value is -1.83. The van der Waals surface area contributed by atoms with Crippen LogP contribution in [0.3, 0.4) is 0 Å². The van der Waals surface area contributed by atoms with Crippen LogP contribution in [-0.4, -0.2) is 11.6 Å². The van der Waals surface area contributed by atoms with Gasteiger partial charge in [0.15, 0.2) is 0 Å². The number of aromatic nitrogens is 1. The molecule has 0 fully saturated rings. The lowest BCUT2D eigenvalue weighted by molar-refractivity contribution is 0.300. The van der Waals surface area contributed by atoms with Crippen LogP contribution < -0.4 is 4.74 Å². The molecule has 2 heteroatoms. The summed E-state index contributed by atoms with van der Waals surface area (Å²) in [5, 5.41) is 0. The first-order valence-electron chi connectivity index (χ1n) is 9.91. The Kier molecular flexibility index (Phi) is 8.51. The van der Waals surface area contributed by atoms with Crippen LogP contribution in [-0.2, 0) is 6.42 Å². The van der Waals surface area contributed by atoms with Gasteiger partial charge < -0.3 is 4.74 Å². The van der Waals surface area contributed by atoms with E-state index in [-0.39, 0.29) is 0 Å². The molecule has 2 aromatic rings. The number of pyridine rings is 1. The molecule has 136 valence electrons. The number of benzene rings is 1. The van der Waals surface area contributed by atoms with E-state index >= 15 is 0 Å². The molecule has 1 atom stereocenters. The second-order valence-corrected chi connectivity index (χ2v) is 7.04. The second kappa shape index (κ2) is 10.9. The van der Waals surface area contributed by atoms with Gasteiger partial charge in [-0.3, -0.25) is 4.98 Å². The third-order valence-corrected chi connectivity index (χ3v) is 4.85. The molecule has 0 radical (unpaired) electrons. The Morgan fingerprint density at radius 2 is 1.76 bits per heavy atom. The lowest BCUT2D eigenvalue weighted by Gasteiger charge is -2.09. The fourth-order valence-electron chi connectivity index (χ4n) is 2.83. The van der Waals surface area contributed by atoms with E-state index in [4.69, 9.17) is 4.74 Å². The maximum absolute atomic E-state index is 5.86. The summed E-state index contributed by atoms with van der Waals surface area (Å²) in [7, 11) is 0. The van der Waals surface area contributed by atoms with Crippen LogP contribution >= 0.6 is 0 Å². The molecule has 1 aromatic carbocycles. The molecule has 0 spiro atoms. The number of hydrogen-bond donors (Lipinski definition) is 0. The Bertz CT molecular complexity index is 588. The molecule has 0 saturated carbocycles. The normalized spacial score (nSPS) is 12.1. The molecule has 0 bridgehead atoms. The molecule has 1 unspecified atom stereocenters. The van der Waals surface area contributed by atoms with Gasteiger partial charge in [-0.25, -0.2) is 0 Å². The average Bonchev–Trinajstić information content (AvgIpc) is 2.67. The zero-order chi connectivity index (χ0) is 17.9. The third kappa shape index (κ3) is 6.89. The molecule has 1 heterocycles. The Morgan fingerprint density at radius 1 is 0.960 bits per heavy atom. The molecule has 25 heavy (non-hydrogen) atoms. The maximum Gasteiger partial charge on any atom is 0.119 e. The second-order valence-electron chi connectivity index (χ2n) is 7.04. The molecule has 0 saturated heterocycles. The van der Waals surface area contributed by atoms with Crippen molar-refractivity contribution in [2.24, 2.45) is 5.92 Å². The highest BCUT2D eigenvalue weighted by Crippen LogP contribution is 2.21. The number of ether oxygens (including phenoxy) is 1. The summed E-state index contributed by atoms with van der Waals surface area (Å²) in [4.78, 5) is 4.60. The Morgan fingerprint density at radius 3 is 2.40 bits per heavy atom. The van der Waals surface area contributed by atoms with E-state index in [2.05, 4.69) is 62.2 Å². The van der Waals surface area contributed by atoms with Gasteiger partial charge in [-0.2, -0.15) is 0 Å². The van der Waals surface area contributed by atoms with Crippen LogP contribution in [0.4, 0.5) is 0 Å². The van der Waals surface area contributed by atoms with Crippen molar-refractivity contribution in [3.8, 4) is 17.0 Å². The highest BCUT2D eigenvalue weighted by atomic mass is 16.5. The van der Waals surface area contributed by atoms with E-state index in [0.29, 0.717) is 0 Å². The lowest BCUT2D eigenvalue weighted by atomic mass is 10.0. The van der Waals surface area contributed by atoms with Crippen molar-refractivity contribution >= 4 is 0 Å². The quantitative estimate of drug-likeness (QED) is 0.426. The molecule has 2 rings (SSSR count). The zero-order valence-corrected chi connectivity index (χ0v) is 16.1. The van der Waals surface area contributed by atoms with Crippen molar-refractivity contribution < 1.29 is 4.74 Å². The summed E-state index contributed by atoms with van der Waals surface area (Å²) in [5.74, 6) is 1.78. The molecule has 0 aliphatic heterocycles. The lowest BCUT2D eigenvalue weighted by Crippen LogP contribution is -1.99. The molecule has 0 N–H and O–H groups in total. The van der Waals surface area contributed by atoms with Gasteiger partial charge in [0.05, 0.1) is 12.3 Å². The van der Waals surface area contributed by atoms with Gasteiger partial charge in [0.2, 0.25) is 0 Å². The fraction of sp³-hybridized carbons (Fsp3) is 0.522. The Balaban J connectivity index is 1.79. The number of nitrogens with zero attached hydrogens (tertiary/aromatic N) is 1. The molecule has 0 aliphatic carbocycles. The summed E-state index contributed by atoms with van der Waals surface area (Å²) in [6.07, 6.45) is 10.5. The number of unbranched alkanes of at least 4 members (excludes halogenated alkanes) is 2. The number of rotatable bonds is 11. The molecular formula is C23H33NO. The van der Waals surface area contributed by atoms with Crippen LogP contribution in [0.2, 0.25) is 0 Å². The smallest absolute Gasteiger partial charge is 0.119 e. The largest absolute Gasteiger partial charge is 0.494 e. The predicted molar refractivity (Wildman–Crippen MR) is 107 cm³/mol. The highest BCUT2D eigenvalue weighted by Gasteiger charge is 2.02. The van der Waals surface area contributed by atoms with Gasteiger partial charge >= 0.3 is 0 Å². The van der Waals surface area contributed by atoms with Gasteiger partial charge in [-0.1, -0.05) is 46.1 Å². The maximum atomic E-state index is 5.86. The standard InChI is InChI=1S/C23H33NO/c1-4-6-10-20-11-16-23(24-18-20)21-12-14-22(15-13-21)25-17-8-7-9-19(3)5-2/h11-16,18-19H,4-10,17H2,1-3H3. The number of hydrogen-bond acceptors (Lipinski definition) is 2. The van der Waals surface area contributed by atoms with Gasteiger partial charge in [0.25, 0.3) is 0 Å². The van der Waals surface area contributed by atoms with Gasteiger partial charge in [-0.15, -0.1) is 0 Å². The van der Waals surface area contributed by atoms with E-state index in [1.165, 1.54) is 37.7 Å². The van der Waals surface area contributed by atoms with E-state index in [1.54, 1.807) is 0 Å². The molecular weight excluding hydrogens is 306 g/mol. The minimum absolute atomic E-state index is 0.806. The summed E-state index contributed by atoms with van der Waals surface area (Å²) in [5.41, 5.74) is 3.49. The van der Waals surface area contributed by atoms with Crippen LogP contribution in [0.1, 0.15) is 64.9 Å². The van der Waals surface area contributed by atoms with Crippen molar-refractivity contribution in [1.29, 1.82) is 0 Å². The van der Waals surface area contributed by atoms with Crippen molar-refractivity contribution in [1.82, 2.24) is 4.98 Å². The first-order chi connectivity index (χ1) is 12.2. The summed E-state index contributed by atoms with van der Waals surface area (Å²) in [6.45, 7) is 7.61. The van der Waals surface area contributed by atoms with Crippen molar-refractivity contribution in [3.05, 3.63) is 48.2 Å². The highest BCUT2D eigenvalue weighted by molar-refractivity contribution is 5.60. The third-order valence-electron chi connectivity index (χ3n) is 4.85. The topological polar surface area (TPSA) is 22.1 Å². The monoisotopic (exact) mass is 339 g/mol. The van der Waals surface area contributed by atoms with Crippen molar-refractivity contribution in [2.45, 2.75) is 65.7 Å². The first-order valence-corrected chi connectivity index (χ1v) is 9.91. The van der Waals surface area contributed by atoms with E-state index in [1.807, 2.05) is 6.20 Å². The van der Waals surface area contributed by atoms with Gasteiger partial charge in [-0.05, 0) is 67.5 Å². The van der Waals surface area contributed by atoms with Crippen molar-refractivity contribution in [2.75, 3.05) is 6.61 Å². The SMILES string of the molecule is CCCCc1ccc(-c2ccc(OCCCCC(C)CC)cc2)nc1. The average molecular weight is 340 g/mol. The molecule has 0 aliphatic rings. The van der Waals surface area contributed by atoms with Gasteiger partial charge in [0, 0.05) is 11.8 Å². The molecule has 1 aromatic heterocycles. The van der Waals surface area contributed by atoms with Crippen LogP contribution in [0.5, 0.6) is 5.75 Å². The van der Waals surface area contributed by atoms with Crippen LogP contribution in [0.15, 0.2) is 42.6 Å². The first kappa shape index (κ1) is 19.5. The van der Waals surface area contributed by atoms with Crippen LogP contribution in [0.25, 0.3) is 11.3 Å². The summed E-state index contributed by atoms with van der Waals surface area (Å²) >= 11 is 0. The fourth-order valence-corrected chi connectivity index (χ4v) is 2.83. The van der Waals surface area contributed by atoms with E-state index in [9.17, 15) is 0 Å². The molecule has 2 nitrogen and oxygen atoms in total. The van der Waals surface area contributed by atoms with E-state index in [0.717, 1.165) is 42.4 Å². The van der Waals surface area contributed by atoms with E-state index < -0.39 is 0 Å². The Labute approximate surface area is 153 Å². The minimum atomic E-state index is 0.806. The predicted octanol–water partition coefficient (Wildman–Crippen LogP) is 6.69. The molecule has 0 amide bonds. The van der Waals surface area contributed by atoms with Gasteiger partial charge in [0.1, 0.15) is 5.75 Å². The van der Waals surface area contributed by atoms with Crippen molar-refractivity contribution in [3.63, 3.8) is 0 Å². The number of aryl methyl sites for hydroxylation is 1. The zero-order valence-electron chi connectivity index (χ0n) is 16.1. The summed E-state index contributed by atoms with van der Waals surface area (Å²) in [6, 6.07) is 12.6. The minimum Gasteiger partial charge on any atom is -0.494 e. The summed E-state index contributed by atoms with van der Waals surface area (Å²) < 4.78 is 5.86.